The van der Waals surface area contributed by atoms with Crippen molar-refractivity contribution in [3.05, 3.63) is 66.0 Å². The predicted molar refractivity (Wildman–Crippen MR) is 135 cm³/mol. The average Bonchev–Trinajstić information content (AvgIpc) is 3.35. The van der Waals surface area contributed by atoms with Gasteiger partial charge in [-0.3, -0.25) is 14.7 Å². The van der Waals surface area contributed by atoms with E-state index in [9.17, 15) is 14.4 Å². The number of hydrogen-bond donors (Lipinski definition) is 2. The highest BCUT2D eigenvalue weighted by atomic mass is 16.6. The molecule has 1 aliphatic rings. The fourth-order valence-electron chi connectivity index (χ4n) is 4.01. The highest BCUT2D eigenvalue weighted by Gasteiger charge is 2.36. The number of nitrogens with zero attached hydrogens (tertiary/aromatic N) is 2. The fourth-order valence-corrected chi connectivity index (χ4v) is 4.01. The van der Waals surface area contributed by atoms with Crippen LogP contribution in [0, 0.1) is 0 Å². The molecule has 2 unspecified atom stereocenters. The van der Waals surface area contributed by atoms with Gasteiger partial charge in [-0.05, 0) is 64.2 Å². The van der Waals surface area contributed by atoms with E-state index in [1.165, 1.54) is 4.90 Å². The van der Waals surface area contributed by atoms with Crippen molar-refractivity contribution < 1.29 is 23.9 Å². The minimum absolute atomic E-state index is 0.158. The first-order valence-corrected chi connectivity index (χ1v) is 12.4. The lowest BCUT2D eigenvalue weighted by Crippen LogP contribution is -2.47. The summed E-state index contributed by atoms with van der Waals surface area (Å²) < 4.78 is 10.7. The van der Waals surface area contributed by atoms with Gasteiger partial charge in [-0.2, -0.15) is 0 Å². The minimum atomic E-state index is -0.598. The van der Waals surface area contributed by atoms with Gasteiger partial charge in [-0.25, -0.2) is 9.59 Å². The normalized spacial score (nSPS) is 16.2. The van der Waals surface area contributed by atoms with Crippen LogP contribution in [0.15, 0.2) is 54.7 Å². The number of likely N-dealkylation sites (tertiary alicyclic amines) is 1. The van der Waals surface area contributed by atoms with Gasteiger partial charge in [0.05, 0.1) is 11.7 Å². The van der Waals surface area contributed by atoms with Gasteiger partial charge in [0.15, 0.2) is 0 Å². The van der Waals surface area contributed by atoms with Crippen LogP contribution in [-0.2, 0) is 20.9 Å². The van der Waals surface area contributed by atoms with Crippen molar-refractivity contribution in [1.29, 1.82) is 0 Å². The van der Waals surface area contributed by atoms with Crippen LogP contribution in [0.4, 0.5) is 9.59 Å². The van der Waals surface area contributed by atoms with E-state index in [0.29, 0.717) is 32.4 Å². The van der Waals surface area contributed by atoms with Crippen LogP contribution in [0.1, 0.15) is 63.8 Å². The molecule has 0 saturated carbocycles. The number of pyridine rings is 1. The van der Waals surface area contributed by atoms with E-state index in [2.05, 4.69) is 15.6 Å². The van der Waals surface area contributed by atoms with E-state index in [1.807, 2.05) is 69.3 Å². The quantitative estimate of drug-likeness (QED) is 0.500. The SMILES string of the molecule is CC(C)(C)OC(=O)NCCCC(NC(=O)C1CCCN1C(=O)OCc1ccccc1)c1ccccn1. The third-order valence-electron chi connectivity index (χ3n) is 5.69. The van der Waals surface area contributed by atoms with Crippen molar-refractivity contribution in [1.82, 2.24) is 20.5 Å². The Labute approximate surface area is 212 Å². The maximum Gasteiger partial charge on any atom is 0.410 e. The lowest BCUT2D eigenvalue weighted by Gasteiger charge is -2.26. The van der Waals surface area contributed by atoms with Crippen LogP contribution in [0.25, 0.3) is 0 Å². The molecule has 1 fully saturated rings. The first kappa shape index (κ1) is 27.0. The summed E-state index contributed by atoms with van der Waals surface area (Å²) in [6.07, 6.45) is 3.17. The van der Waals surface area contributed by atoms with Crippen LogP contribution >= 0.6 is 0 Å². The Balaban J connectivity index is 1.56. The fraction of sp³-hybridized carbons (Fsp3) is 0.481. The van der Waals surface area contributed by atoms with Crippen molar-refractivity contribution >= 4 is 18.1 Å². The Morgan fingerprint density at radius 3 is 2.56 bits per heavy atom. The third kappa shape index (κ3) is 8.55. The molecular weight excluding hydrogens is 460 g/mol. The highest BCUT2D eigenvalue weighted by Crippen LogP contribution is 2.22. The molecule has 9 heteroatoms. The number of aromatic nitrogens is 1. The molecule has 3 amide bonds. The van der Waals surface area contributed by atoms with Crippen LogP contribution in [0.5, 0.6) is 0 Å². The summed E-state index contributed by atoms with van der Waals surface area (Å²) >= 11 is 0. The zero-order valence-corrected chi connectivity index (χ0v) is 21.2. The monoisotopic (exact) mass is 496 g/mol. The second-order valence-corrected chi connectivity index (χ2v) is 9.78. The molecule has 2 atom stereocenters. The smallest absolute Gasteiger partial charge is 0.410 e. The Morgan fingerprint density at radius 2 is 1.86 bits per heavy atom. The van der Waals surface area contributed by atoms with Gasteiger partial charge < -0.3 is 20.1 Å². The molecule has 1 saturated heterocycles. The molecule has 9 nitrogen and oxygen atoms in total. The number of alkyl carbamates (subject to hydrolysis) is 1. The van der Waals surface area contributed by atoms with E-state index in [0.717, 1.165) is 17.7 Å². The van der Waals surface area contributed by atoms with Crippen molar-refractivity contribution in [2.75, 3.05) is 13.1 Å². The molecule has 1 aromatic carbocycles. The number of ether oxygens (including phenoxy) is 2. The lowest BCUT2D eigenvalue weighted by molar-refractivity contribution is -0.126. The summed E-state index contributed by atoms with van der Waals surface area (Å²) in [6, 6.07) is 14.0. The Kier molecular flexibility index (Phi) is 9.67. The summed E-state index contributed by atoms with van der Waals surface area (Å²) in [5.41, 5.74) is 1.05. The standard InChI is InChI=1S/C27H36N4O5/c1-27(2,3)36-25(33)29-17-9-14-22(21-13-7-8-16-28-21)30-24(32)23-15-10-18-31(23)26(34)35-19-20-11-5-4-6-12-20/h4-8,11-13,16,22-23H,9-10,14-15,17-19H2,1-3H3,(H,29,33)(H,30,32). The molecule has 1 aromatic heterocycles. The lowest BCUT2D eigenvalue weighted by atomic mass is 10.1. The summed E-state index contributed by atoms with van der Waals surface area (Å²) in [5, 5.41) is 5.81. The van der Waals surface area contributed by atoms with E-state index < -0.39 is 23.8 Å². The van der Waals surface area contributed by atoms with Gasteiger partial charge in [0, 0.05) is 19.3 Å². The number of hydrogen-bond acceptors (Lipinski definition) is 6. The van der Waals surface area contributed by atoms with Crippen molar-refractivity contribution in [2.24, 2.45) is 0 Å². The molecular formula is C27H36N4O5. The molecule has 2 N–H and O–H groups in total. The van der Waals surface area contributed by atoms with Gasteiger partial charge in [-0.15, -0.1) is 0 Å². The third-order valence-corrected chi connectivity index (χ3v) is 5.69. The Morgan fingerprint density at radius 1 is 1.11 bits per heavy atom. The number of nitrogens with one attached hydrogen (secondary N) is 2. The molecule has 194 valence electrons. The molecule has 0 radical (unpaired) electrons. The Bertz CT molecular complexity index is 994. The van der Waals surface area contributed by atoms with E-state index in [4.69, 9.17) is 9.47 Å². The number of benzene rings is 1. The largest absolute Gasteiger partial charge is 0.445 e. The first-order valence-electron chi connectivity index (χ1n) is 12.4. The molecule has 0 bridgehead atoms. The Hall–Kier alpha value is -3.62. The zero-order chi connectivity index (χ0) is 26.0. The summed E-state index contributed by atoms with van der Waals surface area (Å²) in [5.74, 6) is -0.236. The summed E-state index contributed by atoms with van der Waals surface area (Å²) in [6.45, 7) is 6.45. The minimum Gasteiger partial charge on any atom is -0.445 e. The van der Waals surface area contributed by atoms with Crippen LogP contribution < -0.4 is 10.6 Å². The van der Waals surface area contributed by atoms with Gasteiger partial charge in [0.25, 0.3) is 0 Å². The molecule has 2 heterocycles. The van der Waals surface area contributed by atoms with Crippen molar-refractivity contribution in [3.63, 3.8) is 0 Å². The zero-order valence-electron chi connectivity index (χ0n) is 21.2. The molecule has 0 aliphatic carbocycles. The summed E-state index contributed by atoms with van der Waals surface area (Å²) in [4.78, 5) is 43.8. The van der Waals surface area contributed by atoms with Crippen LogP contribution in [0.3, 0.4) is 0 Å². The van der Waals surface area contributed by atoms with Crippen LogP contribution in [-0.4, -0.2) is 52.7 Å². The maximum atomic E-state index is 13.2. The summed E-state index contributed by atoms with van der Waals surface area (Å²) in [7, 11) is 0. The second kappa shape index (κ2) is 12.9. The highest BCUT2D eigenvalue weighted by molar-refractivity contribution is 5.86. The maximum absolute atomic E-state index is 13.2. The molecule has 2 aromatic rings. The number of carbonyl (C=O) groups is 3. The average molecular weight is 497 g/mol. The molecule has 1 aliphatic heterocycles. The topological polar surface area (TPSA) is 110 Å². The van der Waals surface area contributed by atoms with E-state index in [1.54, 1.807) is 6.20 Å². The number of carbonyl (C=O) groups excluding carboxylic acids is 3. The van der Waals surface area contributed by atoms with Crippen molar-refractivity contribution in [2.45, 2.75) is 70.7 Å². The van der Waals surface area contributed by atoms with Crippen molar-refractivity contribution in [3.8, 4) is 0 Å². The second-order valence-electron chi connectivity index (χ2n) is 9.78. The molecule has 0 spiro atoms. The first-order chi connectivity index (χ1) is 17.2. The predicted octanol–water partition coefficient (Wildman–Crippen LogP) is 4.35. The number of rotatable bonds is 9. The van der Waals surface area contributed by atoms with Gasteiger partial charge >= 0.3 is 12.2 Å². The molecule has 36 heavy (non-hydrogen) atoms. The van der Waals surface area contributed by atoms with Gasteiger partial charge in [-0.1, -0.05) is 36.4 Å². The van der Waals surface area contributed by atoms with Gasteiger partial charge in [0.2, 0.25) is 5.91 Å². The van der Waals surface area contributed by atoms with E-state index in [-0.39, 0.29) is 18.6 Å². The van der Waals surface area contributed by atoms with Crippen LogP contribution in [0.2, 0.25) is 0 Å². The van der Waals surface area contributed by atoms with Gasteiger partial charge in [0.1, 0.15) is 18.2 Å². The number of amides is 3. The van der Waals surface area contributed by atoms with E-state index >= 15 is 0 Å². The molecule has 3 rings (SSSR count).